The summed E-state index contributed by atoms with van der Waals surface area (Å²) in [5.74, 6) is 2.31. The van der Waals surface area contributed by atoms with Gasteiger partial charge in [0.1, 0.15) is 23.3 Å². The number of epoxide rings is 1. The molecule has 0 N–H and O–H groups in total. The molecule has 2 aromatic heterocycles. The molecule has 1 aromatic carbocycles. The summed E-state index contributed by atoms with van der Waals surface area (Å²) in [6.45, 7) is 11.0. The minimum Gasteiger partial charge on any atom is -0.368 e. The molecule has 8 nitrogen and oxygen atoms in total. The monoisotopic (exact) mass is 443 g/mol. The number of ether oxygens (including phenoxy) is 1. The van der Waals surface area contributed by atoms with Crippen LogP contribution >= 0.6 is 0 Å². The highest BCUT2D eigenvalue weighted by Crippen LogP contribution is 2.34. The van der Waals surface area contributed by atoms with Crippen LogP contribution in [0.1, 0.15) is 61.3 Å². The molecule has 0 spiro atoms. The van der Waals surface area contributed by atoms with Gasteiger partial charge in [-0.15, -0.1) is 15.0 Å². The van der Waals surface area contributed by atoms with Gasteiger partial charge in [0.05, 0.1) is 18.0 Å². The zero-order valence-electron chi connectivity index (χ0n) is 19.6. The molecule has 1 atom stereocenters. The molecule has 8 heteroatoms. The number of nitrogens with zero attached hydrogens (tertiary/aromatic N) is 7. The van der Waals surface area contributed by atoms with Crippen molar-refractivity contribution in [3.63, 3.8) is 0 Å². The van der Waals surface area contributed by atoms with Crippen molar-refractivity contribution in [3.05, 3.63) is 64.9 Å². The number of aliphatic imine (C=N–C) groups is 1. The van der Waals surface area contributed by atoms with Gasteiger partial charge in [0.25, 0.3) is 0 Å². The first-order valence-electron chi connectivity index (χ1n) is 11.6. The number of hydrogen-bond acceptors (Lipinski definition) is 7. The molecular formula is C25H29N7O. The summed E-state index contributed by atoms with van der Waals surface area (Å²) in [5.41, 5.74) is 5.28. The lowest BCUT2D eigenvalue weighted by atomic mass is 9.98. The van der Waals surface area contributed by atoms with E-state index in [1.807, 2.05) is 32.0 Å². The fourth-order valence-electron chi connectivity index (χ4n) is 4.21. The molecule has 170 valence electrons. The van der Waals surface area contributed by atoms with Gasteiger partial charge in [-0.1, -0.05) is 38.1 Å². The van der Waals surface area contributed by atoms with Crippen molar-refractivity contribution in [2.75, 3.05) is 24.6 Å². The molecule has 0 bridgehead atoms. The summed E-state index contributed by atoms with van der Waals surface area (Å²) in [6.07, 6.45) is 2.28. The van der Waals surface area contributed by atoms with Crippen LogP contribution in [0.15, 0.2) is 46.5 Å². The molecule has 1 fully saturated rings. The molecule has 5 rings (SSSR count). The second kappa shape index (κ2) is 8.86. The maximum atomic E-state index is 5.57. The summed E-state index contributed by atoms with van der Waals surface area (Å²) < 4.78 is 5.57. The number of aromatic nitrogens is 4. The second-order valence-electron chi connectivity index (χ2n) is 8.45. The summed E-state index contributed by atoms with van der Waals surface area (Å²) >= 11 is 0. The number of anilines is 1. The molecule has 1 unspecified atom stereocenters. The first kappa shape index (κ1) is 21.5. The molecule has 2 aliphatic rings. The fourth-order valence-corrected chi connectivity index (χ4v) is 4.21. The van der Waals surface area contributed by atoms with Crippen molar-refractivity contribution in [1.82, 2.24) is 19.9 Å². The van der Waals surface area contributed by atoms with Gasteiger partial charge >= 0.3 is 0 Å². The Bertz CT molecular complexity index is 1230. The Hall–Kier alpha value is -3.39. The van der Waals surface area contributed by atoms with Crippen LogP contribution in [0.4, 0.5) is 11.5 Å². The Kier molecular flexibility index (Phi) is 5.76. The topological polar surface area (TPSA) is 84.1 Å². The molecule has 4 heterocycles. The van der Waals surface area contributed by atoms with Gasteiger partial charge in [0.2, 0.25) is 5.82 Å². The summed E-state index contributed by atoms with van der Waals surface area (Å²) in [4.78, 5) is 18.4. The van der Waals surface area contributed by atoms with Gasteiger partial charge in [-0.2, -0.15) is 0 Å². The number of hydrogen-bond donors (Lipinski definition) is 0. The number of benzene rings is 1. The highest BCUT2D eigenvalue weighted by atomic mass is 16.6. The quantitative estimate of drug-likeness (QED) is 0.483. The van der Waals surface area contributed by atoms with Gasteiger partial charge in [0.15, 0.2) is 5.82 Å². The Balaban J connectivity index is 1.56. The van der Waals surface area contributed by atoms with Crippen molar-refractivity contribution >= 4 is 22.9 Å². The van der Waals surface area contributed by atoms with E-state index in [0.717, 1.165) is 66.6 Å². The predicted octanol–water partition coefficient (Wildman–Crippen LogP) is 4.37. The van der Waals surface area contributed by atoms with E-state index in [9.17, 15) is 0 Å². The fraction of sp³-hybridized carbons (Fsp3) is 0.400. The number of aryl methyl sites for hydroxylation is 2. The van der Waals surface area contributed by atoms with Crippen LogP contribution in [0, 0.1) is 13.8 Å². The van der Waals surface area contributed by atoms with Crippen LogP contribution in [0.5, 0.6) is 0 Å². The van der Waals surface area contributed by atoms with Crippen LogP contribution in [0.3, 0.4) is 0 Å². The number of rotatable bonds is 8. The average Bonchev–Trinajstić information content (AvgIpc) is 3.52. The molecule has 0 radical (unpaired) electrons. The maximum absolute atomic E-state index is 5.57. The highest BCUT2D eigenvalue weighted by molar-refractivity contribution is 6.54. The average molecular weight is 444 g/mol. The Morgan fingerprint density at radius 3 is 2.52 bits per heavy atom. The van der Waals surface area contributed by atoms with Crippen LogP contribution < -0.4 is 4.90 Å². The minimum absolute atomic E-state index is 0.110. The van der Waals surface area contributed by atoms with Crippen molar-refractivity contribution in [1.29, 1.82) is 0 Å². The van der Waals surface area contributed by atoms with E-state index in [1.165, 1.54) is 0 Å². The standard InChI is InChI=1S/C25H29N7O/c1-5-13-31(14-6-2)22-12-11-20(16(3)26-22)28-24-23(30-32-25(24)27-17(4)29-32)19-10-8-7-9-18(19)21-15-33-21/h7-12,21H,5-6,13-15H2,1-4H3. The molecule has 0 saturated carbocycles. The van der Waals surface area contributed by atoms with Crippen molar-refractivity contribution < 1.29 is 4.74 Å². The zero-order valence-corrected chi connectivity index (χ0v) is 19.6. The molecule has 0 aliphatic carbocycles. The normalized spacial score (nSPS) is 17.9. The molecule has 1 saturated heterocycles. The maximum Gasteiger partial charge on any atom is 0.204 e. The summed E-state index contributed by atoms with van der Waals surface area (Å²) in [6, 6.07) is 12.3. The molecule has 2 aliphatic heterocycles. The first-order chi connectivity index (χ1) is 16.1. The van der Waals surface area contributed by atoms with Crippen molar-refractivity contribution in [2.24, 2.45) is 10.1 Å². The third-order valence-electron chi connectivity index (χ3n) is 5.81. The predicted molar refractivity (Wildman–Crippen MR) is 130 cm³/mol. The summed E-state index contributed by atoms with van der Waals surface area (Å²) in [5, 5.41) is 9.19. The van der Waals surface area contributed by atoms with Crippen LogP contribution in [-0.2, 0) is 4.74 Å². The largest absolute Gasteiger partial charge is 0.368 e. The Morgan fingerprint density at radius 1 is 1.06 bits per heavy atom. The van der Waals surface area contributed by atoms with Gasteiger partial charge in [-0.05, 0) is 44.4 Å². The number of pyridine rings is 1. The molecule has 3 aromatic rings. The lowest BCUT2D eigenvalue weighted by Crippen LogP contribution is -2.25. The van der Waals surface area contributed by atoms with E-state index in [-0.39, 0.29) is 6.10 Å². The van der Waals surface area contributed by atoms with Crippen molar-refractivity contribution in [2.45, 2.75) is 46.6 Å². The van der Waals surface area contributed by atoms with Crippen LogP contribution in [0.25, 0.3) is 0 Å². The van der Waals surface area contributed by atoms with Crippen molar-refractivity contribution in [3.8, 4) is 0 Å². The van der Waals surface area contributed by atoms with E-state index >= 15 is 0 Å². The van der Waals surface area contributed by atoms with E-state index in [4.69, 9.17) is 19.8 Å². The van der Waals surface area contributed by atoms with Crippen LogP contribution in [0.2, 0.25) is 0 Å². The van der Waals surface area contributed by atoms with Gasteiger partial charge in [-0.3, -0.25) is 0 Å². The zero-order chi connectivity index (χ0) is 22.9. The number of fused-ring (bicyclic) bond motifs is 1. The van der Waals surface area contributed by atoms with Gasteiger partial charge in [0, 0.05) is 18.7 Å². The van der Waals surface area contributed by atoms with Crippen LogP contribution in [-0.4, -0.2) is 51.0 Å². The molecule has 0 amide bonds. The first-order valence-corrected chi connectivity index (χ1v) is 11.6. The Labute approximate surface area is 194 Å². The van der Waals surface area contributed by atoms with Gasteiger partial charge in [-0.25, -0.2) is 15.0 Å². The summed E-state index contributed by atoms with van der Waals surface area (Å²) in [7, 11) is 0. The lowest BCUT2D eigenvalue weighted by molar-refractivity contribution is 0.415. The highest BCUT2D eigenvalue weighted by Gasteiger charge is 2.34. The third kappa shape index (κ3) is 4.18. The second-order valence-corrected chi connectivity index (χ2v) is 8.45. The smallest absolute Gasteiger partial charge is 0.204 e. The van der Waals surface area contributed by atoms with Gasteiger partial charge < -0.3 is 9.64 Å². The SMILES string of the molecule is CCCN(CCC)c1ccc(N=C2C(c3ccccc3C3CO3)=Nn3nc(C)nc32)c(C)n1. The van der Waals surface area contributed by atoms with E-state index in [2.05, 4.69) is 47.0 Å². The van der Waals surface area contributed by atoms with E-state index in [0.29, 0.717) is 17.4 Å². The third-order valence-corrected chi connectivity index (χ3v) is 5.81. The van der Waals surface area contributed by atoms with E-state index < -0.39 is 0 Å². The minimum atomic E-state index is 0.110. The lowest BCUT2D eigenvalue weighted by Gasteiger charge is -2.23. The Morgan fingerprint density at radius 2 is 1.82 bits per heavy atom. The van der Waals surface area contributed by atoms with E-state index in [1.54, 1.807) is 4.79 Å². The molecule has 33 heavy (non-hydrogen) atoms. The molecular weight excluding hydrogens is 414 g/mol.